The van der Waals surface area contributed by atoms with Crippen molar-refractivity contribution in [3.63, 3.8) is 0 Å². The molecule has 5 heteroatoms. The molecule has 0 spiro atoms. The van der Waals surface area contributed by atoms with E-state index >= 15 is 0 Å². The van der Waals surface area contributed by atoms with Crippen LogP contribution in [0.3, 0.4) is 0 Å². The van der Waals surface area contributed by atoms with Crippen molar-refractivity contribution in [1.29, 1.82) is 0 Å². The molecule has 3 rings (SSSR count). The highest BCUT2D eigenvalue weighted by Gasteiger charge is 2.26. The van der Waals surface area contributed by atoms with E-state index in [4.69, 9.17) is 5.73 Å². The molecule has 1 fully saturated rings. The summed E-state index contributed by atoms with van der Waals surface area (Å²) < 4.78 is 2.33. The average molecular weight is 263 g/mol. The Bertz CT molecular complexity index is 427. The minimum absolute atomic E-state index is 0.637. The molecular weight excluding hydrogens is 238 g/mol. The van der Waals surface area contributed by atoms with Gasteiger partial charge < -0.3 is 10.3 Å². The zero-order valence-electron chi connectivity index (χ0n) is 11.9. The summed E-state index contributed by atoms with van der Waals surface area (Å²) in [6.45, 7) is 7.45. The van der Waals surface area contributed by atoms with Gasteiger partial charge in [0.2, 0.25) is 0 Å². The van der Waals surface area contributed by atoms with E-state index in [9.17, 15) is 0 Å². The van der Waals surface area contributed by atoms with Crippen molar-refractivity contribution in [3.05, 3.63) is 11.6 Å². The molecule has 1 aromatic rings. The van der Waals surface area contributed by atoms with Gasteiger partial charge >= 0.3 is 0 Å². The first-order chi connectivity index (χ1) is 9.28. The van der Waals surface area contributed by atoms with Gasteiger partial charge in [0.05, 0.1) is 6.54 Å². The number of aryl methyl sites for hydroxylation is 1. The number of hydrogen-bond donors (Lipinski definition) is 1. The molecule has 5 nitrogen and oxygen atoms in total. The van der Waals surface area contributed by atoms with E-state index in [0.29, 0.717) is 5.92 Å². The minimum Gasteiger partial charge on any atom is -0.330 e. The fourth-order valence-corrected chi connectivity index (χ4v) is 3.36. The fraction of sp³-hybridized carbons (Fsp3) is 0.857. The van der Waals surface area contributed by atoms with Gasteiger partial charge in [0.15, 0.2) is 0 Å². The number of fused-ring (bicyclic) bond motifs is 1. The minimum atomic E-state index is 0.637. The number of piperidine rings is 1. The van der Waals surface area contributed by atoms with Gasteiger partial charge in [0.25, 0.3) is 0 Å². The third-order valence-electron chi connectivity index (χ3n) is 4.80. The predicted molar refractivity (Wildman–Crippen MR) is 74.6 cm³/mol. The summed E-state index contributed by atoms with van der Waals surface area (Å²) in [6, 6.07) is 0. The molecule has 2 atom stereocenters. The van der Waals surface area contributed by atoms with Crippen LogP contribution >= 0.6 is 0 Å². The molecule has 106 valence electrons. The molecule has 2 aliphatic heterocycles. The Morgan fingerprint density at radius 1 is 1.26 bits per heavy atom. The quantitative estimate of drug-likeness (QED) is 0.885. The molecule has 1 saturated heterocycles. The summed E-state index contributed by atoms with van der Waals surface area (Å²) in [4.78, 5) is 2.50. The molecule has 0 aromatic carbocycles. The van der Waals surface area contributed by atoms with E-state index in [1.165, 1.54) is 31.6 Å². The molecule has 0 saturated carbocycles. The molecule has 2 unspecified atom stereocenters. The second-order valence-corrected chi connectivity index (χ2v) is 6.14. The van der Waals surface area contributed by atoms with Crippen LogP contribution in [0.25, 0.3) is 0 Å². The van der Waals surface area contributed by atoms with Crippen LogP contribution in [0.5, 0.6) is 0 Å². The number of nitrogens with two attached hydrogens (primary N) is 1. The Hall–Kier alpha value is -0.940. The monoisotopic (exact) mass is 263 g/mol. The second kappa shape index (κ2) is 5.59. The van der Waals surface area contributed by atoms with E-state index in [1.54, 1.807) is 0 Å². The van der Waals surface area contributed by atoms with E-state index in [0.717, 1.165) is 44.3 Å². The lowest BCUT2D eigenvalue weighted by molar-refractivity contribution is 0.122. The Labute approximate surface area is 115 Å². The van der Waals surface area contributed by atoms with Crippen molar-refractivity contribution < 1.29 is 0 Å². The lowest BCUT2D eigenvalue weighted by Gasteiger charge is -2.36. The molecule has 2 aliphatic rings. The molecule has 3 heterocycles. The lowest BCUT2D eigenvalue weighted by atomic mass is 9.87. The van der Waals surface area contributed by atoms with Crippen LogP contribution in [0.15, 0.2) is 0 Å². The van der Waals surface area contributed by atoms with E-state index in [1.807, 2.05) is 0 Å². The smallest absolute Gasteiger partial charge is 0.147 e. The summed E-state index contributed by atoms with van der Waals surface area (Å²) in [5, 5.41) is 8.74. The Morgan fingerprint density at radius 3 is 3.00 bits per heavy atom. The predicted octanol–water partition coefficient (Wildman–Crippen LogP) is 1.03. The highest BCUT2D eigenvalue weighted by molar-refractivity contribution is 4.99. The summed E-state index contributed by atoms with van der Waals surface area (Å²) in [5.74, 6) is 3.73. The molecular formula is C14H25N5. The van der Waals surface area contributed by atoms with E-state index in [2.05, 4.69) is 26.6 Å². The zero-order valence-corrected chi connectivity index (χ0v) is 11.9. The van der Waals surface area contributed by atoms with Crippen molar-refractivity contribution >= 4 is 0 Å². The maximum atomic E-state index is 5.88. The SMILES string of the molecule is CC1CCN(Cc2nnc3n2CCCC3)CC1CN. The number of hydrogen-bond acceptors (Lipinski definition) is 4. The third kappa shape index (κ3) is 2.67. The van der Waals surface area contributed by atoms with Gasteiger partial charge in [-0.3, -0.25) is 4.90 Å². The first kappa shape index (κ1) is 13.1. The Balaban J connectivity index is 1.67. The molecule has 0 aliphatic carbocycles. The van der Waals surface area contributed by atoms with Crippen molar-refractivity contribution in [3.8, 4) is 0 Å². The molecule has 1 aromatic heterocycles. The van der Waals surface area contributed by atoms with Gasteiger partial charge in [-0.1, -0.05) is 6.92 Å². The average Bonchev–Trinajstić information content (AvgIpc) is 2.84. The highest BCUT2D eigenvalue weighted by atomic mass is 15.3. The highest BCUT2D eigenvalue weighted by Crippen LogP contribution is 2.24. The fourth-order valence-electron chi connectivity index (χ4n) is 3.36. The first-order valence-electron chi connectivity index (χ1n) is 7.61. The maximum absolute atomic E-state index is 5.88. The summed E-state index contributed by atoms with van der Waals surface area (Å²) in [5.41, 5.74) is 5.88. The number of nitrogens with zero attached hydrogens (tertiary/aromatic N) is 4. The normalized spacial score (nSPS) is 28.3. The number of aromatic nitrogens is 3. The van der Waals surface area contributed by atoms with Crippen LogP contribution in [0.1, 0.15) is 37.8 Å². The lowest BCUT2D eigenvalue weighted by Crippen LogP contribution is -2.42. The van der Waals surface area contributed by atoms with Gasteiger partial charge in [-0.2, -0.15) is 0 Å². The van der Waals surface area contributed by atoms with Crippen LogP contribution in [0, 0.1) is 11.8 Å². The van der Waals surface area contributed by atoms with Crippen LogP contribution in [-0.2, 0) is 19.5 Å². The zero-order chi connectivity index (χ0) is 13.2. The topological polar surface area (TPSA) is 60.0 Å². The third-order valence-corrected chi connectivity index (χ3v) is 4.80. The van der Waals surface area contributed by atoms with E-state index in [-0.39, 0.29) is 0 Å². The first-order valence-corrected chi connectivity index (χ1v) is 7.61. The Kier molecular flexibility index (Phi) is 3.84. The summed E-state index contributed by atoms with van der Waals surface area (Å²) in [6.07, 6.45) is 4.87. The van der Waals surface area contributed by atoms with Gasteiger partial charge in [0.1, 0.15) is 11.6 Å². The molecule has 0 amide bonds. The van der Waals surface area contributed by atoms with E-state index < -0.39 is 0 Å². The standard InChI is InChI=1S/C14H25N5/c1-11-5-7-18(9-12(11)8-15)10-14-17-16-13-4-2-3-6-19(13)14/h11-12H,2-10,15H2,1H3. The number of likely N-dealkylation sites (tertiary alicyclic amines) is 1. The van der Waals surface area contributed by atoms with Gasteiger partial charge in [-0.25, -0.2) is 0 Å². The van der Waals surface area contributed by atoms with Gasteiger partial charge in [0, 0.05) is 19.5 Å². The van der Waals surface area contributed by atoms with Crippen LogP contribution in [-0.4, -0.2) is 39.3 Å². The molecule has 2 N–H and O–H groups in total. The second-order valence-electron chi connectivity index (χ2n) is 6.14. The van der Waals surface area contributed by atoms with Crippen molar-refractivity contribution in [1.82, 2.24) is 19.7 Å². The van der Waals surface area contributed by atoms with Crippen LogP contribution in [0.2, 0.25) is 0 Å². The molecule has 19 heavy (non-hydrogen) atoms. The van der Waals surface area contributed by atoms with Crippen LogP contribution in [0.4, 0.5) is 0 Å². The summed E-state index contributed by atoms with van der Waals surface area (Å²) >= 11 is 0. The number of rotatable bonds is 3. The summed E-state index contributed by atoms with van der Waals surface area (Å²) in [7, 11) is 0. The molecule has 0 bridgehead atoms. The van der Waals surface area contributed by atoms with Crippen molar-refractivity contribution in [2.75, 3.05) is 19.6 Å². The maximum Gasteiger partial charge on any atom is 0.147 e. The van der Waals surface area contributed by atoms with Gasteiger partial charge in [-0.05, 0) is 44.2 Å². The van der Waals surface area contributed by atoms with Crippen molar-refractivity contribution in [2.45, 2.75) is 45.7 Å². The largest absolute Gasteiger partial charge is 0.330 e. The van der Waals surface area contributed by atoms with Crippen molar-refractivity contribution in [2.24, 2.45) is 17.6 Å². The van der Waals surface area contributed by atoms with Crippen LogP contribution < -0.4 is 5.73 Å². The Morgan fingerprint density at radius 2 is 2.16 bits per heavy atom. The van der Waals surface area contributed by atoms with Gasteiger partial charge in [-0.15, -0.1) is 10.2 Å². The molecule has 0 radical (unpaired) electrons.